The number of carbonyl (C=O) groups is 2. The molecule has 0 fully saturated rings. The fraction of sp³-hybridized carbons (Fsp3) is 0.125. The van der Waals surface area contributed by atoms with Crippen LogP contribution in [0, 0.1) is 17.5 Å². The van der Waals surface area contributed by atoms with Gasteiger partial charge in [0, 0.05) is 12.1 Å². The van der Waals surface area contributed by atoms with E-state index in [4.69, 9.17) is 0 Å². The molecule has 0 heterocycles. The van der Waals surface area contributed by atoms with Gasteiger partial charge in [-0.3, -0.25) is 4.79 Å². The molecule has 1 N–H and O–H groups in total. The van der Waals surface area contributed by atoms with Crippen LogP contribution < -0.4 is 5.32 Å². The van der Waals surface area contributed by atoms with Gasteiger partial charge >= 0.3 is 5.97 Å². The zero-order valence-corrected chi connectivity index (χ0v) is 11.8. The summed E-state index contributed by atoms with van der Waals surface area (Å²) >= 11 is 0. The molecule has 2 aromatic rings. The van der Waals surface area contributed by atoms with E-state index < -0.39 is 35.9 Å². The van der Waals surface area contributed by atoms with Gasteiger partial charge < -0.3 is 10.1 Å². The van der Waals surface area contributed by atoms with Gasteiger partial charge in [0.25, 0.3) is 5.91 Å². The van der Waals surface area contributed by atoms with E-state index in [0.29, 0.717) is 6.07 Å². The first kappa shape index (κ1) is 16.5. The van der Waals surface area contributed by atoms with Crippen molar-refractivity contribution in [2.24, 2.45) is 0 Å². The monoisotopic (exact) mass is 323 g/mol. The third-order valence-electron chi connectivity index (χ3n) is 2.92. The van der Waals surface area contributed by atoms with Crippen LogP contribution in [0.3, 0.4) is 0 Å². The minimum absolute atomic E-state index is 0.0613. The van der Waals surface area contributed by atoms with Crippen LogP contribution >= 0.6 is 0 Å². The lowest BCUT2D eigenvalue weighted by atomic mass is 10.2. The molecule has 120 valence electrons. The molecule has 0 saturated carbocycles. The van der Waals surface area contributed by atoms with Gasteiger partial charge in [-0.1, -0.05) is 18.2 Å². The molecule has 0 unspecified atom stereocenters. The summed E-state index contributed by atoms with van der Waals surface area (Å²) in [4.78, 5) is 23.1. The Morgan fingerprint density at radius 2 is 1.70 bits per heavy atom. The first-order valence-corrected chi connectivity index (χ1v) is 6.59. The van der Waals surface area contributed by atoms with Crippen molar-refractivity contribution in [2.45, 2.75) is 6.54 Å². The highest BCUT2D eigenvalue weighted by Crippen LogP contribution is 2.10. The minimum atomic E-state index is -1.19. The molecule has 2 aromatic carbocycles. The normalized spacial score (nSPS) is 10.2. The zero-order valence-electron chi connectivity index (χ0n) is 11.8. The number of nitrogens with one attached hydrogen (secondary N) is 1. The maximum absolute atomic E-state index is 13.3. The molecule has 7 heteroatoms. The second-order valence-electron chi connectivity index (χ2n) is 4.57. The Balaban J connectivity index is 1.83. The topological polar surface area (TPSA) is 55.4 Å². The van der Waals surface area contributed by atoms with Crippen LogP contribution in [0.5, 0.6) is 0 Å². The average Bonchev–Trinajstić information content (AvgIpc) is 2.54. The minimum Gasteiger partial charge on any atom is -0.452 e. The Labute approximate surface area is 129 Å². The number of hydrogen-bond acceptors (Lipinski definition) is 3. The number of esters is 1. The van der Waals surface area contributed by atoms with Gasteiger partial charge in [0.2, 0.25) is 0 Å². The summed E-state index contributed by atoms with van der Waals surface area (Å²) in [6, 6.07) is 8.39. The molecule has 0 bridgehead atoms. The van der Waals surface area contributed by atoms with Crippen LogP contribution in [0.15, 0.2) is 42.5 Å². The molecule has 0 aromatic heterocycles. The molecule has 4 nitrogen and oxygen atoms in total. The van der Waals surface area contributed by atoms with Gasteiger partial charge in [0.05, 0.1) is 5.56 Å². The second kappa shape index (κ2) is 7.44. The summed E-state index contributed by atoms with van der Waals surface area (Å²) in [6.45, 7) is -0.680. The lowest BCUT2D eigenvalue weighted by molar-refractivity contribution is -0.124. The second-order valence-corrected chi connectivity index (χ2v) is 4.57. The number of halogens is 3. The van der Waals surface area contributed by atoms with Gasteiger partial charge in [0.1, 0.15) is 5.82 Å². The van der Waals surface area contributed by atoms with Crippen LogP contribution in [0.4, 0.5) is 13.2 Å². The molecule has 23 heavy (non-hydrogen) atoms. The molecule has 0 atom stereocenters. The molecular formula is C16H12F3NO3. The first-order chi connectivity index (χ1) is 11.0. The number of carbonyl (C=O) groups excluding carboxylic acids is 2. The van der Waals surface area contributed by atoms with Crippen LogP contribution in [-0.4, -0.2) is 18.5 Å². The Morgan fingerprint density at radius 3 is 2.39 bits per heavy atom. The predicted octanol–water partition coefficient (Wildman–Crippen LogP) is 2.58. The standard InChI is InChI=1S/C16H12F3NO3/c17-12-4-2-1-3-11(12)8-20-15(21)9-23-16(22)10-5-6-13(18)14(19)7-10/h1-7H,8-9H2,(H,20,21). The summed E-state index contributed by atoms with van der Waals surface area (Å²) < 4.78 is 43.7. The average molecular weight is 323 g/mol. The molecule has 0 aliphatic rings. The van der Waals surface area contributed by atoms with E-state index in [2.05, 4.69) is 10.1 Å². The Morgan fingerprint density at radius 1 is 0.957 bits per heavy atom. The highest BCUT2D eigenvalue weighted by atomic mass is 19.2. The molecule has 0 aliphatic heterocycles. The summed E-state index contributed by atoms with van der Waals surface area (Å²) in [6.07, 6.45) is 0. The lowest BCUT2D eigenvalue weighted by Crippen LogP contribution is -2.28. The summed E-state index contributed by atoms with van der Waals surface area (Å²) in [5.41, 5.74) is 0.0681. The molecule has 1 amide bonds. The number of ether oxygens (including phenoxy) is 1. The Bertz CT molecular complexity index is 734. The Kier molecular flexibility index (Phi) is 5.35. The van der Waals surface area contributed by atoms with Crippen molar-refractivity contribution in [1.82, 2.24) is 5.32 Å². The van der Waals surface area contributed by atoms with E-state index in [1.807, 2.05) is 0 Å². The molecule has 0 radical (unpaired) electrons. The van der Waals surface area contributed by atoms with Gasteiger partial charge in [-0.2, -0.15) is 0 Å². The Hall–Kier alpha value is -2.83. The van der Waals surface area contributed by atoms with Gasteiger partial charge in [-0.15, -0.1) is 0 Å². The van der Waals surface area contributed by atoms with E-state index in [0.717, 1.165) is 12.1 Å². The van der Waals surface area contributed by atoms with E-state index >= 15 is 0 Å². The maximum Gasteiger partial charge on any atom is 0.338 e. The third kappa shape index (κ3) is 4.57. The number of hydrogen-bond donors (Lipinski definition) is 1. The smallest absolute Gasteiger partial charge is 0.338 e. The SMILES string of the molecule is O=C(COC(=O)c1ccc(F)c(F)c1)NCc1ccccc1F. The molecular weight excluding hydrogens is 311 g/mol. The molecule has 0 aliphatic carbocycles. The van der Waals surface area contributed by atoms with E-state index in [1.54, 1.807) is 6.07 Å². The number of amides is 1. The van der Waals surface area contributed by atoms with Crippen molar-refractivity contribution in [3.63, 3.8) is 0 Å². The quantitative estimate of drug-likeness (QED) is 0.861. The lowest BCUT2D eigenvalue weighted by Gasteiger charge is -2.07. The van der Waals surface area contributed by atoms with Crippen molar-refractivity contribution in [1.29, 1.82) is 0 Å². The van der Waals surface area contributed by atoms with Gasteiger partial charge in [0.15, 0.2) is 18.2 Å². The highest BCUT2D eigenvalue weighted by Gasteiger charge is 2.13. The maximum atomic E-state index is 13.3. The first-order valence-electron chi connectivity index (χ1n) is 6.59. The van der Waals surface area contributed by atoms with Crippen LogP contribution in [0.25, 0.3) is 0 Å². The zero-order chi connectivity index (χ0) is 16.8. The van der Waals surface area contributed by atoms with E-state index in [9.17, 15) is 22.8 Å². The molecule has 0 saturated heterocycles. The van der Waals surface area contributed by atoms with Crippen molar-refractivity contribution >= 4 is 11.9 Å². The summed E-state index contributed by atoms with van der Waals surface area (Å²) in [7, 11) is 0. The van der Waals surface area contributed by atoms with Crippen molar-refractivity contribution in [3.8, 4) is 0 Å². The third-order valence-corrected chi connectivity index (χ3v) is 2.92. The largest absolute Gasteiger partial charge is 0.452 e. The number of benzene rings is 2. The van der Waals surface area contributed by atoms with Crippen molar-refractivity contribution < 1.29 is 27.5 Å². The van der Waals surface area contributed by atoms with Crippen molar-refractivity contribution in [3.05, 3.63) is 71.0 Å². The van der Waals surface area contributed by atoms with E-state index in [1.165, 1.54) is 18.2 Å². The van der Waals surface area contributed by atoms with Crippen molar-refractivity contribution in [2.75, 3.05) is 6.61 Å². The van der Waals surface area contributed by atoms with Crippen LogP contribution in [0.2, 0.25) is 0 Å². The molecule has 0 spiro atoms. The van der Waals surface area contributed by atoms with Crippen LogP contribution in [-0.2, 0) is 16.1 Å². The number of rotatable bonds is 5. The summed E-state index contributed by atoms with van der Waals surface area (Å²) in [5, 5.41) is 2.38. The fourth-order valence-corrected chi connectivity index (χ4v) is 1.72. The fourth-order valence-electron chi connectivity index (χ4n) is 1.72. The van der Waals surface area contributed by atoms with Gasteiger partial charge in [-0.25, -0.2) is 18.0 Å². The van der Waals surface area contributed by atoms with Gasteiger partial charge in [-0.05, 0) is 24.3 Å². The predicted molar refractivity (Wildman–Crippen MR) is 74.9 cm³/mol. The summed E-state index contributed by atoms with van der Waals surface area (Å²) in [5.74, 6) is -4.37. The van der Waals surface area contributed by atoms with Crippen LogP contribution in [0.1, 0.15) is 15.9 Å². The molecule has 2 rings (SSSR count). The van der Waals surface area contributed by atoms with E-state index in [-0.39, 0.29) is 17.7 Å². The highest BCUT2D eigenvalue weighted by molar-refractivity contribution is 5.91.